The highest BCUT2D eigenvalue weighted by atomic mass is 16.5. The normalized spacial score (nSPS) is 14.3. The smallest absolute Gasteiger partial charge is 0.257 e. The van der Waals surface area contributed by atoms with E-state index in [1.807, 2.05) is 24.3 Å². The molecule has 4 heteroatoms. The fourth-order valence-electron chi connectivity index (χ4n) is 3.09. The molecule has 4 nitrogen and oxygen atoms in total. The van der Waals surface area contributed by atoms with Crippen molar-refractivity contribution in [3.8, 4) is 11.6 Å². The molecule has 0 spiro atoms. The van der Waals surface area contributed by atoms with E-state index in [1.54, 1.807) is 14.2 Å². The van der Waals surface area contributed by atoms with Crippen molar-refractivity contribution in [3.63, 3.8) is 0 Å². The Bertz CT molecular complexity index is 881. The van der Waals surface area contributed by atoms with Crippen molar-refractivity contribution in [2.75, 3.05) is 14.2 Å². The molecule has 1 aliphatic rings. The summed E-state index contributed by atoms with van der Waals surface area (Å²) in [4.78, 5) is 9.72. The van der Waals surface area contributed by atoms with Crippen LogP contribution in [-0.2, 0) is 0 Å². The van der Waals surface area contributed by atoms with Crippen LogP contribution in [0.3, 0.4) is 0 Å². The molecule has 27 heavy (non-hydrogen) atoms. The number of aliphatic imine (C=N–C) groups is 1. The summed E-state index contributed by atoms with van der Waals surface area (Å²) < 4.78 is 10.8. The second-order valence-electron chi connectivity index (χ2n) is 6.72. The first-order chi connectivity index (χ1) is 13.1. The summed E-state index contributed by atoms with van der Waals surface area (Å²) in [5.41, 5.74) is 4.86. The van der Waals surface area contributed by atoms with Gasteiger partial charge in [0.05, 0.1) is 31.3 Å². The zero-order chi connectivity index (χ0) is 19.2. The van der Waals surface area contributed by atoms with E-state index >= 15 is 0 Å². The Morgan fingerprint density at radius 1 is 1.07 bits per heavy atom. The fraction of sp³-hybridized carbons (Fsp3) is 0.304. The topological polar surface area (TPSA) is 43.7 Å². The second-order valence-corrected chi connectivity index (χ2v) is 6.72. The highest BCUT2D eigenvalue weighted by Gasteiger charge is 2.17. The largest absolute Gasteiger partial charge is 0.491 e. The zero-order valence-corrected chi connectivity index (χ0v) is 16.4. The number of allylic oxidation sites excluding steroid dienone is 4. The third-order valence-corrected chi connectivity index (χ3v) is 4.47. The Labute approximate surface area is 161 Å². The van der Waals surface area contributed by atoms with Crippen molar-refractivity contribution in [1.82, 2.24) is 4.98 Å². The second kappa shape index (κ2) is 8.67. The summed E-state index contributed by atoms with van der Waals surface area (Å²) in [6, 6.07) is 12.2. The quantitative estimate of drug-likeness (QED) is 0.627. The summed E-state index contributed by atoms with van der Waals surface area (Å²) in [7, 11) is 3.22. The molecular formula is C23H26N2O2. The standard InChI is InChI=1S/C23H26N2O2/c1-16(2)21-19(15-20(26-3)23(25-21)27-4)24-22(17-11-7-5-8-12-17)18-13-9-6-10-14-18/h5,7-9,11-16H,6,10H2,1-4H3. The molecule has 0 N–H and O–H groups in total. The third-order valence-electron chi connectivity index (χ3n) is 4.47. The minimum Gasteiger partial charge on any atom is -0.491 e. The van der Waals surface area contributed by atoms with Crippen molar-refractivity contribution in [3.05, 3.63) is 71.5 Å². The predicted molar refractivity (Wildman–Crippen MR) is 111 cm³/mol. The molecule has 0 aliphatic heterocycles. The molecule has 2 aromatic rings. The first-order valence-electron chi connectivity index (χ1n) is 9.28. The van der Waals surface area contributed by atoms with Crippen LogP contribution in [-0.4, -0.2) is 24.9 Å². The molecule has 140 valence electrons. The van der Waals surface area contributed by atoms with Crippen LogP contribution in [0.5, 0.6) is 11.6 Å². The van der Waals surface area contributed by atoms with Crippen molar-refractivity contribution in [1.29, 1.82) is 0 Å². The van der Waals surface area contributed by atoms with E-state index in [0.717, 1.165) is 41.1 Å². The van der Waals surface area contributed by atoms with Gasteiger partial charge in [-0.05, 0) is 24.3 Å². The maximum atomic E-state index is 5.46. The zero-order valence-electron chi connectivity index (χ0n) is 16.4. The van der Waals surface area contributed by atoms with Gasteiger partial charge in [0, 0.05) is 11.6 Å². The first-order valence-corrected chi connectivity index (χ1v) is 9.28. The maximum Gasteiger partial charge on any atom is 0.257 e. The van der Waals surface area contributed by atoms with E-state index < -0.39 is 0 Å². The average molecular weight is 362 g/mol. The Hall–Kier alpha value is -2.88. The number of hydrogen-bond donors (Lipinski definition) is 0. The maximum absolute atomic E-state index is 5.46. The van der Waals surface area contributed by atoms with Gasteiger partial charge in [0.1, 0.15) is 0 Å². The van der Waals surface area contributed by atoms with Gasteiger partial charge in [-0.25, -0.2) is 9.98 Å². The average Bonchev–Trinajstić information content (AvgIpc) is 2.72. The van der Waals surface area contributed by atoms with E-state index in [1.165, 1.54) is 0 Å². The van der Waals surface area contributed by atoms with Gasteiger partial charge in [-0.2, -0.15) is 0 Å². The fourth-order valence-corrected chi connectivity index (χ4v) is 3.09. The number of nitrogens with zero attached hydrogens (tertiary/aromatic N) is 2. The molecule has 3 rings (SSSR count). The van der Waals surface area contributed by atoms with Crippen molar-refractivity contribution in [2.45, 2.75) is 32.6 Å². The molecule has 1 aromatic heterocycles. The van der Waals surface area contributed by atoms with Crippen LogP contribution < -0.4 is 9.47 Å². The number of benzene rings is 1. The highest BCUT2D eigenvalue weighted by molar-refractivity contribution is 6.15. The van der Waals surface area contributed by atoms with E-state index in [9.17, 15) is 0 Å². The molecule has 0 saturated heterocycles. The van der Waals surface area contributed by atoms with Gasteiger partial charge in [-0.3, -0.25) is 0 Å². The minimum atomic E-state index is 0.205. The lowest BCUT2D eigenvalue weighted by molar-refractivity contribution is 0.341. The molecule has 0 saturated carbocycles. The van der Waals surface area contributed by atoms with E-state index in [-0.39, 0.29) is 5.92 Å². The lowest BCUT2D eigenvalue weighted by atomic mass is 9.97. The van der Waals surface area contributed by atoms with Crippen LogP contribution in [0.1, 0.15) is 43.9 Å². The molecule has 1 aromatic carbocycles. The minimum absolute atomic E-state index is 0.205. The Balaban J connectivity index is 2.20. The number of hydrogen-bond acceptors (Lipinski definition) is 4. The number of aromatic nitrogens is 1. The molecule has 0 unspecified atom stereocenters. The Morgan fingerprint density at radius 2 is 1.85 bits per heavy atom. The van der Waals surface area contributed by atoms with Crippen LogP contribution in [0.15, 0.2) is 65.2 Å². The molecule has 0 amide bonds. The van der Waals surface area contributed by atoms with Crippen molar-refractivity contribution in [2.24, 2.45) is 4.99 Å². The van der Waals surface area contributed by atoms with Crippen LogP contribution in [0, 0.1) is 0 Å². The van der Waals surface area contributed by atoms with Gasteiger partial charge >= 0.3 is 0 Å². The van der Waals surface area contributed by atoms with Gasteiger partial charge < -0.3 is 9.47 Å². The van der Waals surface area contributed by atoms with Crippen molar-refractivity contribution >= 4 is 11.4 Å². The predicted octanol–water partition coefficient (Wildman–Crippen LogP) is 5.62. The lowest BCUT2D eigenvalue weighted by Crippen LogP contribution is -2.06. The molecule has 0 fully saturated rings. The molecule has 0 bridgehead atoms. The molecule has 0 atom stereocenters. The monoisotopic (exact) mass is 362 g/mol. The molecule has 0 radical (unpaired) electrons. The number of ether oxygens (including phenoxy) is 2. The van der Waals surface area contributed by atoms with Crippen LogP contribution in [0.25, 0.3) is 0 Å². The van der Waals surface area contributed by atoms with Gasteiger partial charge in [-0.15, -0.1) is 0 Å². The number of rotatable bonds is 6. The Kier molecular flexibility index (Phi) is 6.07. The number of methoxy groups -OCH3 is 2. The van der Waals surface area contributed by atoms with E-state index in [2.05, 4.69) is 49.2 Å². The molecule has 1 aliphatic carbocycles. The third kappa shape index (κ3) is 4.27. The van der Waals surface area contributed by atoms with Crippen LogP contribution >= 0.6 is 0 Å². The lowest BCUT2D eigenvalue weighted by Gasteiger charge is -2.16. The first kappa shape index (κ1) is 18.9. The summed E-state index contributed by atoms with van der Waals surface area (Å²) in [5, 5.41) is 0. The van der Waals surface area contributed by atoms with Gasteiger partial charge in [0.25, 0.3) is 5.88 Å². The van der Waals surface area contributed by atoms with Gasteiger partial charge in [0.2, 0.25) is 0 Å². The molecular weight excluding hydrogens is 336 g/mol. The van der Waals surface area contributed by atoms with Crippen LogP contribution in [0.4, 0.5) is 5.69 Å². The van der Waals surface area contributed by atoms with Crippen molar-refractivity contribution < 1.29 is 9.47 Å². The van der Waals surface area contributed by atoms with Gasteiger partial charge in [0.15, 0.2) is 5.75 Å². The van der Waals surface area contributed by atoms with Gasteiger partial charge in [-0.1, -0.05) is 62.4 Å². The summed E-state index contributed by atoms with van der Waals surface area (Å²) in [6.45, 7) is 4.21. The summed E-state index contributed by atoms with van der Waals surface area (Å²) in [6.07, 6.45) is 8.69. The van der Waals surface area contributed by atoms with Crippen LogP contribution in [0.2, 0.25) is 0 Å². The summed E-state index contributed by atoms with van der Waals surface area (Å²) in [5.74, 6) is 1.27. The molecule has 1 heterocycles. The number of pyridine rings is 1. The van der Waals surface area contributed by atoms with E-state index in [4.69, 9.17) is 14.5 Å². The summed E-state index contributed by atoms with van der Waals surface area (Å²) >= 11 is 0. The SMILES string of the molecule is COc1cc(N=C(C2=CCCC=C2)c2ccccc2)c(C(C)C)nc1OC. The van der Waals surface area contributed by atoms with E-state index in [0.29, 0.717) is 11.6 Å². The Morgan fingerprint density at radius 3 is 2.44 bits per heavy atom. The highest BCUT2D eigenvalue weighted by Crippen LogP contribution is 2.36.